The van der Waals surface area contributed by atoms with Gasteiger partial charge in [-0.25, -0.2) is 4.98 Å². The average molecular weight is 188 g/mol. The molecule has 1 aromatic heterocycles. The number of nitrogens with zero attached hydrogens (tertiary/aromatic N) is 1. The second kappa shape index (κ2) is 4.07. The summed E-state index contributed by atoms with van der Waals surface area (Å²) in [7, 11) is 0. The number of aromatic nitrogens is 1. The van der Waals surface area contributed by atoms with E-state index < -0.39 is 0 Å². The summed E-state index contributed by atoms with van der Waals surface area (Å²) in [6.07, 6.45) is 2.33. The van der Waals surface area contributed by atoms with Crippen LogP contribution in [0.4, 0.5) is 0 Å². The van der Waals surface area contributed by atoms with E-state index in [1.807, 2.05) is 30.3 Å². The first-order valence-electron chi connectivity index (χ1n) is 4.56. The van der Waals surface area contributed by atoms with Crippen LogP contribution in [0.25, 0.3) is 0 Å². The molecule has 0 saturated heterocycles. The van der Waals surface area contributed by atoms with Crippen LogP contribution in [-0.2, 0) is 13.0 Å². The van der Waals surface area contributed by atoms with Gasteiger partial charge in [0, 0.05) is 13.0 Å². The van der Waals surface area contributed by atoms with Crippen LogP contribution in [0.3, 0.4) is 0 Å². The van der Waals surface area contributed by atoms with E-state index in [0.29, 0.717) is 6.54 Å². The van der Waals surface area contributed by atoms with Crippen molar-refractivity contribution >= 4 is 0 Å². The molecule has 0 unspecified atom stereocenters. The van der Waals surface area contributed by atoms with E-state index in [1.165, 1.54) is 5.56 Å². The summed E-state index contributed by atoms with van der Waals surface area (Å²) < 4.78 is 5.27. The lowest BCUT2D eigenvalue weighted by atomic mass is 10.1. The molecular formula is C11H12N2O. The van der Waals surface area contributed by atoms with E-state index in [0.717, 1.165) is 18.0 Å². The molecule has 0 aliphatic carbocycles. The van der Waals surface area contributed by atoms with Gasteiger partial charge in [-0.05, 0) is 5.56 Å². The Morgan fingerprint density at radius 3 is 2.64 bits per heavy atom. The molecule has 72 valence electrons. The molecule has 3 heteroatoms. The fourth-order valence-corrected chi connectivity index (χ4v) is 1.29. The summed E-state index contributed by atoms with van der Waals surface area (Å²) in [5.74, 6) is 0.719. The molecule has 0 aliphatic rings. The van der Waals surface area contributed by atoms with Crippen molar-refractivity contribution in [1.82, 2.24) is 4.98 Å². The highest BCUT2D eigenvalue weighted by Gasteiger charge is 2.02. The van der Waals surface area contributed by atoms with Gasteiger partial charge in [-0.2, -0.15) is 0 Å². The number of rotatable bonds is 3. The van der Waals surface area contributed by atoms with Crippen molar-refractivity contribution < 1.29 is 4.42 Å². The fourth-order valence-electron chi connectivity index (χ4n) is 1.29. The molecule has 3 nitrogen and oxygen atoms in total. The molecule has 0 atom stereocenters. The Kier molecular flexibility index (Phi) is 2.60. The zero-order valence-electron chi connectivity index (χ0n) is 7.81. The topological polar surface area (TPSA) is 52.0 Å². The Morgan fingerprint density at radius 1 is 1.21 bits per heavy atom. The summed E-state index contributed by atoms with van der Waals surface area (Å²) in [6.45, 7) is 0.429. The predicted molar refractivity (Wildman–Crippen MR) is 53.6 cm³/mol. The summed E-state index contributed by atoms with van der Waals surface area (Å²) in [4.78, 5) is 4.23. The minimum atomic E-state index is 0.429. The third-order valence-corrected chi connectivity index (χ3v) is 2.01. The summed E-state index contributed by atoms with van der Waals surface area (Å²) >= 11 is 0. The van der Waals surface area contributed by atoms with Crippen LogP contribution >= 0.6 is 0 Å². The second-order valence-corrected chi connectivity index (χ2v) is 3.10. The Labute approximate surface area is 82.6 Å². The summed E-state index contributed by atoms with van der Waals surface area (Å²) in [6, 6.07) is 10.1. The van der Waals surface area contributed by atoms with Crippen molar-refractivity contribution in [2.75, 3.05) is 0 Å². The van der Waals surface area contributed by atoms with Crippen molar-refractivity contribution in [2.45, 2.75) is 13.0 Å². The predicted octanol–water partition coefficient (Wildman–Crippen LogP) is 1.72. The lowest BCUT2D eigenvalue weighted by Gasteiger charge is -1.94. The fraction of sp³-hybridized carbons (Fsp3) is 0.182. The molecule has 0 saturated carbocycles. The number of oxazole rings is 1. The van der Waals surface area contributed by atoms with E-state index in [1.54, 1.807) is 6.26 Å². The van der Waals surface area contributed by atoms with Crippen molar-refractivity contribution in [2.24, 2.45) is 5.73 Å². The van der Waals surface area contributed by atoms with Gasteiger partial charge < -0.3 is 10.2 Å². The van der Waals surface area contributed by atoms with Crippen LogP contribution < -0.4 is 5.73 Å². The molecule has 0 spiro atoms. The van der Waals surface area contributed by atoms with Gasteiger partial charge in [0.05, 0.1) is 5.69 Å². The lowest BCUT2D eigenvalue weighted by molar-refractivity contribution is 0.506. The summed E-state index contributed by atoms with van der Waals surface area (Å²) in [5, 5.41) is 0. The van der Waals surface area contributed by atoms with Gasteiger partial charge in [0.1, 0.15) is 6.26 Å². The normalized spacial score (nSPS) is 10.4. The minimum Gasteiger partial charge on any atom is -0.448 e. The van der Waals surface area contributed by atoms with Crippen molar-refractivity contribution in [3.8, 4) is 0 Å². The average Bonchev–Trinajstić information content (AvgIpc) is 2.67. The molecule has 2 N–H and O–H groups in total. The molecule has 2 aromatic rings. The van der Waals surface area contributed by atoms with Crippen molar-refractivity contribution in [1.29, 1.82) is 0 Å². The van der Waals surface area contributed by atoms with E-state index >= 15 is 0 Å². The van der Waals surface area contributed by atoms with Gasteiger partial charge in [0.15, 0.2) is 5.89 Å². The first-order valence-corrected chi connectivity index (χ1v) is 4.56. The molecular weight excluding hydrogens is 176 g/mol. The Balaban J connectivity index is 2.11. The highest BCUT2D eigenvalue weighted by Crippen LogP contribution is 2.08. The van der Waals surface area contributed by atoms with E-state index in [-0.39, 0.29) is 0 Å². The van der Waals surface area contributed by atoms with E-state index in [4.69, 9.17) is 10.2 Å². The van der Waals surface area contributed by atoms with Crippen LogP contribution in [0, 0.1) is 0 Å². The zero-order chi connectivity index (χ0) is 9.80. The van der Waals surface area contributed by atoms with Crippen molar-refractivity contribution in [3.05, 3.63) is 53.7 Å². The number of hydrogen-bond donors (Lipinski definition) is 1. The molecule has 1 aromatic carbocycles. The van der Waals surface area contributed by atoms with Gasteiger partial charge in [0.2, 0.25) is 0 Å². The largest absolute Gasteiger partial charge is 0.448 e. The SMILES string of the molecule is NCc1coc(Cc2ccccc2)n1. The second-order valence-electron chi connectivity index (χ2n) is 3.10. The maximum Gasteiger partial charge on any atom is 0.198 e. The molecule has 2 rings (SSSR count). The van der Waals surface area contributed by atoms with Gasteiger partial charge in [-0.15, -0.1) is 0 Å². The van der Waals surface area contributed by atoms with Crippen molar-refractivity contribution in [3.63, 3.8) is 0 Å². The molecule has 14 heavy (non-hydrogen) atoms. The number of hydrogen-bond acceptors (Lipinski definition) is 3. The standard InChI is InChI=1S/C11H12N2O/c12-7-10-8-14-11(13-10)6-9-4-2-1-3-5-9/h1-5,8H,6-7,12H2. The molecule has 0 bridgehead atoms. The van der Waals surface area contributed by atoms with Crippen LogP contribution in [0.15, 0.2) is 41.0 Å². The minimum absolute atomic E-state index is 0.429. The first-order chi connectivity index (χ1) is 6.88. The third kappa shape index (κ3) is 2.00. The molecule has 1 heterocycles. The Bertz CT molecular complexity index is 395. The zero-order valence-corrected chi connectivity index (χ0v) is 7.81. The number of nitrogens with two attached hydrogens (primary N) is 1. The van der Waals surface area contributed by atoms with Crippen LogP contribution in [0.1, 0.15) is 17.1 Å². The van der Waals surface area contributed by atoms with Gasteiger partial charge in [-0.1, -0.05) is 30.3 Å². The van der Waals surface area contributed by atoms with E-state index in [9.17, 15) is 0 Å². The third-order valence-electron chi connectivity index (χ3n) is 2.01. The molecule has 0 radical (unpaired) electrons. The van der Waals surface area contributed by atoms with E-state index in [2.05, 4.69) is 4.98 Å². The van der Waals surface area contributed by atoms with Gasteiger partial charge in [-0.3, -0.25) is 0 Å². The molecule has 0 amide bonds. The maximum absolute atomic E-state index is 5.43. The van der Waals surface area contributed by atoms with Crippen LogP contribution in [-0.4, -0.2) is 4.98 Å². The first kappa shape index (κ1) is 8.97. The monoisotopic (exact) mass is 188 g/mol. The molecule has 0 fully saturated rings. The van der Waals surface area contributed by atoms with Gasteiger partial charge in [0.25, 0.3) is 0 Å². The lowest BCUT2D eigenvalue weighted by Crippen LogP contribution is -1.96. The quantitative estimate of drug-likeness (QED) is 0.798. The van der Waals surface area contributed by atoms with Crippen LogP contribution in [0.2, 0.25) is 0 Å². The Hall–Kier alpha value is -1.61. The highest BCUT2D eigenvalue weighted by atomic mass is 16.3. The molecule has 0 aliphatic heterocycles. The highest BCUT2D eigenvalue weighted by molar-refractivity contribution is 5.18. The van der Waals surface area contributed by atoms with Gasteiger partial charge >= 0.3 is 0 Å². The smallest absolute Gasteiger partial charge is 0.198 e. The van der Waals surface area contributed by atoms with Crippen LogP contribution in [0.5, 0.6) is 0 Å². The summed E-state index contributed by atoms with van der Waals surface area (Å²) in [5.41, 5.74) is 7.43. The maximum atomic E-state index is 5.43. The number of benzene rings is 1. The Morgan fingerprint density at radius 2 is 2.00 bits per heavy atom.